The van der Waals surface area contributed by atoms with Crippen LogP contribution in [0.25, 0.3) is 0 Å². The van der Waals surface area contributed by atoms with E-state index >= 15 is 0 Å². The highest BCUT2D eigenvalue weighted by atomic mass is 16.7. The molecule has 0 aromatic rings. The smallest absolute Gasteiger partial charge is 0.336 e. The van der Waals surface area contributed by atoms with Crippen LogP contribution >= 0.6 is 0 Å². The van der Waals surface area contributed by atoms with Crippen LogP contribution < -0.4 is 0 Å². The lowest BCUT2D eigenvalue weighted by molar-refractivity contribution is -0.229. The summed E-state index contributed by atoms with van der Waals surface area (Å²) in [6.45, 7) is 15.2. The van der Waals surface area contributed by atoms with Gasteiger partial charge in [0, 0.05) is 24.0 Å². The van der Waals surface area contributed by atoms with Crippen molar-refractivity contribution in [2.75, 3.05) is 0 Å². The van der Waals surface area contributed by atoms with E-state index in [2.05, 4.69) is 27.0 Å². The molecular weight excluding hydrogens is 424 g/mol. The van der Waals surface area contributed by atoms with E-state index in [1.54, 1.807) is 13.8 Å². The van der Waals surface area contributed by atoms with Gasteiger partial charge in [-0.25, -0.2) is 9.59 Å². The average Bonchev–Trinajstić information content (AvgIpc) is 2.79. The Morgan fingerprint density at radius 2 is 0.794 bits per heavy atom. The van der Waals surface area contributed by atoms with Crippen LogP contribution in [0.3, 0.4) is 0 Å². The molecule has 0 heterocycles. The summed E-state index contributed by atoms with van der Waals surface area (Å²) in [6, 6.07) is 0. The summed E-state index contributed by atoms with van der Waals surface area (Å²) in [6.07, 6.45) is 21.2. The first kappa shape index (κ1) is 32.4. The lowest BCUT2D eigenvalue weighted by Crippen LogP contribution is -2.40. The minimum absolute atomic E-state index is 0.318. The number of carbonyl (C=O) groups is 2. The first-order valence-corrected chi connectivity index (χ1v) is 14.1. The molecule has 0 saturated carbocycles. The summed E-state index contributed by atoms with van der Waals surface area (Å²) in [5.74, 6) is -2.22. The highest BCUT2D eigenvalue weighted by Gasteiger charge is 2.38. The molecule has 0 fully saturated rings. The highest BCUT2D eigenvalue weighted by Crippen LogP contribution is 2.31. The van der Waals surface area contributed by atoms with Gasteiger partial charge in [0.25, 0.3) is 5.79 Å². The predicted molar refractivity (Wildman–Crippen MR) is 144 cm³/mol. The van der Waals surface area contributed by atoms with Gasteiger partial charge in [0.05, 0.1) is 0 Å². The largest absolute Gasteiger partial charge is 0.419 e. The van der Waals surface area contributed by atoms with E-state index in [4.69, 9.17) is 9.47 Å². The molecule has 0 unspecified atom stereocenters. The van der Waals surface area contributed by atoms with Gasteiger partial charge in [-0.2, -0.15) is 0 Å². The fraction of sp³-hybridized carbons (Fsp3) is 0.800. The second kappa shape index (κ2) is 20.8. The molecule has 0 radical (unpaired) electrons. The van der Waals surface area contributed by atoms with Gasteiger partial charge in [0.15, 0.2) is 0 Å². The summed E-state index contributed by atoms with van der Waals surface area (Å²) < 4.78 is 11.7. The molecule has 0 amide bonds. The lowest BCUT2D eigenvalue weighted by atomic mass is 9.98. The minimum Gasteiger partial charge on any atom is -0.419 e. The standard InChI is InChI=1S/C30H54O4/c1-7-9-11-13-15-17-19-21-23-25-30(33-28(31)26(3)4,34-29(32)27(5)6)24-22-20-18-16-14-12-10-8-2/h3,5,7-25H2,1-2,4,6H3. The Morgan fingerprint density at radius 1 is 0.529 bits per heavy atom. The van der Waals surface area contributed by atoms with E-state index in [-0.39, 0.29) is 0 Å². The van der Waals surface area contributed by atoms with Crippen molar-refractivity contribution >= 4 is 11.9 Å². The van der Waals surface area contributed by atoms with E-state index in [0.29, 0.717) is 24.0 Å². The van der Waals surface area contributed by atoms with Gasteiger partial charge in [-0.3, -0.25) is 0 Å². The third-order valence-corrected chi connectivity index (χ3v) is 6.33. The molecule has 0 N–H and O–H groups in total. The number of unbranched alkanes of at least 4 members (excludes halogenated alkanes) is 15. The fourth-order valence-electron chi connectivity index (χ4n) is 4.10. The Morgan fingerprint density at radius 3 is 1.06 bits per heavy atom. The third kappa shape index (κ3) is 16.9. The molecule has 0 aliphatic heterocycles. The van der Waals surface area contributed by atoms with Crippen molar-refractivity contribution in [2.24, 2.45) is 0 Å². The Kier molecular flexibility index (Phi) is 19.8. The van der Waals surface area contributed by atoms with Crippen LogP contribution in [0.1, 0.15) is 150 Å². The predicted octanol–water partition coefficient (Wildman–Crippen LogP) is 9.37. The monoisotopic (exact) mass is 478 g/mol. The van der Waals surface area contributed by atoms with Gasteiger partial charge < -0.3 is 9.47 Å². The molecule has 4 nitrogen and oxygen atoms in total. The van der Waals surface area contributed by atoms with E-state index in [0.717, 1.165) is 38.5 Å². The van der Waals surface area contributed by atoms with Crippen LogP contribution in [-0.4, -0.2) is 17.7 Å². The average molecular weight is 479 g/mol. The van der Waals surface area contributed by atoms with E-state index in [9.17, 15) is 9.59 Å². The van der Waals surface area contributed by atoms with Crippen LogP contribution in [0.5, 0.6) is 0 Å². The van der Waals surface area contributed by atoms with Gasteiger partial charge in [0.1, 0.15) is 0 Å². The van der Waals surface area contributed by atoms with Crippen molar-refractivity contribution < 1.29 is 19.1 Å². The lowest BCUT2D eigenvalue weighted by Gasteiger charge is -2.33. The van der Waals surface area contributed by atoms with E-state index in [1.807, 2.05) is 0 Å². The van der Waals surface area contributed by atoms with Crippen molar-refractivity contribution in [3.63, 3.8) is 0 Å². The first-order valence-electron chi connectivity index (χ1n) is 14.1. The summed E-state index contributed by atoms with van der Waals surface area (Å²) in [5, 5.41) is 0. The SMILES string of the molecule is C=C(C)C(=O)OC(CCCCCCCCCC)(CCCCCCCCCCC)OC(=O)C(=C)C. The van der Waals surface area contributed by atoms with Crippen molar-refractivity contribution in [3.05, 3.63) is 24.3 Å². The van der Waals surface area contributed by atoms with Crippen LogP contribution in [0.4, 0.5) is 0 Å². The maximum absolute atomic E-state index is 12.5. The molecule has 0 atom stereocenters. The number of rotatable bonds is 23. The third-order valence-electron chi connectivity index (χ3n) is 6.33. The molecule has 4 heteroatoms. The minimum atomic E-state index is -1.23. The Hall–Kier alpha value is -1.58. The molecule has 0 rings (SSSR count). The van der Waals surface area contributed by atoms with Crippen LogP contribution in [0.15, 0.2) is 24.3 Å². The number of hydrogen-bond donors (Lipinski definition) is 0. The molecule has 0 aliphatic rings. The molecular formula is C30H54O4. The van der Waals surface area contributed by atoms with Gasteiger partial charge in [-0.15, -0.1) is 0 Å². The van der Waals surface area contributed by atoms with Gasteiger partial charge in [-0.05, 0) is 26.7 Å². The van der Waals surface area contributed by atoms with Crippen molar-refractivity contribution in [2.45, 2.75) is 155 Å². The van der Waals surface area contributed by atoms with E-state index in [1.165, 1.54) is 70.6 Å². The summed E-state index contributed by atoms with van der Waals surface area (Å²) in [4.78, 5) is 24.9. The Bertz CT molecular complexity index is 550. The Balaban J connectivity index is 4.89. The maximum Gasteiger partial charge on any atom is 0.336 e. The van der Waals surface area contributed by atoms with Crippen molar-refractivity contribution in [1.82, 2.24) is 0 Å². The maximum atomic E-state index is 12.5. The molecule has 0 saturated heterocycles. The van der Waals surface area contributed by atoms with Gasteiger partial charge >= 0.3 is 11.9 Å². The second-order valence-electron chi connectivity index (χ2n) is 10.1. The number of carbonyl (C=O) groups excluding carboxylic acids is 2. The van der Waals surface area contributed by atoms with Crippen molar-refractivity contribution in [3.8, 4) is 0 Å². The zero-order valence-electron chi connectivity index (χ0n) is 23.0. The summed E-state index contributed by atoms with van der Waals surface area (Å²) in [5.41, 5.74) is 0.637. The molecule has 0 aromatic heterocycles. The quantitative estimate of drug-likeness (QED) is 0.0635. The zero-order chi connectivity index (χ0) is 25.7. The molecule has 198 valence electrons. The highest BCUT2D eigenvalue weighted by molar-refractivity contribution is 5.89. The van der Waals surface area contributed by atoms with Gasteiger partial charge in [0.2, 0.25) is 0 Å². The fourth-order valence-corrected chi connectivity index (χ4v) is 4.10. The van der Waals surface area contributed by atoms with Crippen molar-refractivity contribution in [1.29, 1.82) is 0 Å². The second-order valence-corrected chi connectivity index (χ2v) is 10.1. The van der Waals surface area contributed by atoms with Crippen LogP contribution in [-0.2, 0) is 19.1 Å². The molecule has 0 aromatic carbocycles. The number of esters is 2. The summed E-state index contributed by atoms with van der Waals surface area (Å²) in [7, 11) is 0. The van der Waals surface area contributed by atoms with E-state index < -0.39 is 17.7 Å². The number of hydrogen-bond acceptors (Lipinski definition) is 4. The molecule has 0 aliphatic carbocycles. The molecule has 0 spiro atoms. The first-order chi connectivity index (χ1) is 16.3. The topological polar surface area (TPSA) is 52.6 Å². The summed E-state index contributed by atoms with van der Waals surface area (Å²) >= 11 is 0. The number of ether oxygens (including phenoxy) is 2. The molecule has 34 heavy (non-hydrogen) atoms. The van der Waals surface area contributed by atoms with Crippen LogP contribution in [0, 0.1) is 0 Å². The van der Waals surface area contributed by atoms with Crippen LogP contribution in [0.2, 0.25) is 0 Å². The molecule has 0 bridgehead atoms. The normalized spacial score (nSPS) is 11.3. The zero-order valence-corrected chi connectivity index (χ0v) is 23.0. The van der Waals surface area contributed by atoms with Gasteiger partial charge in [-0.1, -0.05) is 123 Å². The Labute approximate surface area is 210 Å².